The number of nitrogens with zero attached hydrogens (tertiary/aromatic N) is 2. The van der Waals surface area contributed by atoms with Gasteiger partial charge in [0.05, 0.1) is 25.6 Å². The van der Waals surface area contributed by atoms with Gasteiger partial charge in [-0.3, -0.25) is 24.2 Å². The molecule has 0 aromatic heterocycles. The van der Waals surface area contributed by atoms with Crippen LogP contribution in [0.15, 0.2) is 0 Å². The van der Waals surface area contributed by atoms with E-state index in [-0.39, 0.29) is 30.8 Å². The van der Waals surface area contributed by atoms with Crippen molar-refractivity contribution in [3.8, 4) is 0 Å². The number of carboxylic acid groups (broad SMARTS) is 1. The zero-order valence-corrected chi connectivity index (χ0v) is 12.9. The summed E-state index contributed by atoms with van der Waals surface area (Å²) in [6.07, 6.45) is 1.46. The Kier molecular flexibility index (Phi) is 6.77. The van der Waals surface area contributed by atoms with E-state index >= 15 is 0 Å². The Morgan fingerprint density at radius 1 is 1.43 bits per heavy atom. The summed E-state index contributed by atoms with van der Waals surface area (Å²) >= 11 is 0. The lowest BCUT2D eigenvalue weighted by molar-refractivity contribution is -0.143. The van der Waals surface area contributed by atoms with Gasteiger partial charge >= 0.3 is 5.97 Å². The molecule has 2 amide bonds. The highest BCUT2D eigenvalue weighted by Crippen LogP contribution is 2.23. The number of methoxy groups -OCH3 is 1. The predicted molar refractivity (Wildman–Crippen MR) is 75.7 cm³/mol. The average molecular weight is 300 g/mol. The lowest BCUT2D eigenvalue weighted by atomic mass is 10.1. The van der Waals surface area contributed by atoms with E-state index < -0.39 is 12.0 Å². The summed E-state index contributed by atoms with van der Waals surface area (Å²) in [7, 11) is 1.51. The van der Waals surface area contributed by atoms with Crippen molar-refractivity contribution >= 4 is 17.8 Å². The maximum atomic E-state index is 12.5. The molecule has 120 valence electrons. The molecule has 1 fully saturated rings. The van der Waals surface area contributed by atoms with Crippen LogP contribution >= 0.6 is 0 Å². The predicted octanol–water partition coefficient (Wildman–Crippen LogP) is 0.336. The zero-order chi connectivity index (χ0) is 16.0. The van der Waals surface area contributed by atoms with Crippen molar-refractivity contribution in [1.29, 1.82) is 0 Å². The van der Waals surface area contributed by atoms with Crippen molar-refractivity contribution in [1.82, 2.24) is 9.80 Å². The monoisotopic (exact) mass is 300 g/mol. The van der Waals surface area contributed by atoms with E-state index in [9.17, 15) is 14.4 Å². The number of carbonyl (C=O) groups is 3. The van der Waals surface area contributed by atoms with Gasteiger partial charge in [-0.2, -0.15) is 0 Å². The summed E-state index contributed by atoms with van der Waals surface area (Å²) in [5.41, 5.74) is 0. The van der Waals surface area contributed by atoms with Gasteiger partial charge in [0.25, 0.3) is 0 Å². The SMILES string of the molecule is CCC(CC)N1C(=O)CC(N(CCOC)CC(=O)O)C1=O. The summed E-state index contributed by atoms with van der Waals surface area (Å²) in [5.74, 6) is -1.52. The first kappa shape index (κ1) is 17.6. The van der Waals surface area contributed by atoms with Crippen LogP contribution in [0.4, 0.5) is 0 Å². The van der Waals surface area contributed by atoms with Crippen molar-refractivity contribution < 1.29 is 24.2 Å². The highest BCUT2D eigenvalue weighted by molar-refractivity contribution is 6.06. The van der Waals surface area contributed by atoms with Gasteiger partial charge in [0.1, 0.15) is 0 Å². The third-order valence-electron chi connectivity index (χ3n) is 3.83. The molecule has 21 heavy (non-hydrogen) atoms. The Morgan fingerprint density at radius 2 is 2.05 bits per heavy atom. The van der Waals surface area contributed by atoms with E-state index in [0.29, 0.717) is 26.0 Å². The van der Waals surface area contributed by atoms with E-state index in [1.165, 1.54) is 16.9 Å². The van der Waals surface area contributed by atoms with Gasteiger partial charge in [0.2, 0.25) is 11.8 Å². The molecule has 1 unspecified atom stereocenters. The van der Waals surface area contributed by atoms with Gasteiger partial charge < -0.3 is 9.84 Å². The zero-order valence-electron chi connectivity index (χ0n) is 12.9. The minimum Gasteiger partial charge on any atom is -0.480 e. The van der Waals surface area contributed by atoms with Crippen LogP contribution in [-0.2, 0) is 19.1 Å². The van der Waals surface area contributed by atoms with E-state index in [0.717, 1.165) is 0 Å². The van der Waals surface area contributed by atoms with Crippen molar-refractivity contribution in [3.63, 3.8) is 0 Å². The molecule has 7 heteroatoms. The Labute approximate surface area is 124 Å². The van der Waals surface area contributed by atoms with Crippen LogP contribution in [0.1, 0.15) is 33.1 Å². The average Bonchev–Trinajstić information content (AvgIpc) is 2.72. The second kappa shape index (κ2) is 8.09. The molecule has 1 saturated heterocycles. The highest BCUT2D eigenvalue weighted by atomic mass is 16.5. The summed E-state index contributed by atoms with van der Waals surface area (Å²) in [6.45, 7) is 4.22. The Bertz CT molecular complexity index is 395. The van der Waals surface area contributed by atoms with E-state index in [1.807, 2.05) is 13.8 Å². The van der Waals surface area contributed by atoms with E-state index in [1.54, 1.807) is 0 Å². The van der Waals surface area contributed by atoms with Gasteiger partial charge in [0.15, 0.2) is 0 Å². The normalized spacial score (nSPS) is 19.1. The topological polar surface area (TPSA) is 87.2 Å². The number of hydrogen-bond acceptors (Lipinski definition) is 5. The smallest absolute Gasteiger partial charge is 0.317 e. The molecule has 7 nitrogen and oxygen atoms in total. The molecule has 0 spiro atoms. The van der Waals surface area contributed by atoms with Crippen LogP contribution in [0, 0.1) is 0 Å². The van der Waals surface area contributed by atoms with Crippen LogP contribution in [0.3, 0.4) is 0 Å². The van der Waals surface area contributed by atoms with E-state index in [4.69, 9.17) is 9.84 Å². The third-order valence-corrected chi connectivity index (χ3v) is 3.83. The van der Waals surface area contributed by atoms with Crippen LogP contribution in [0.2, 0.25) is 0 Å². The van der Waals surface area contributed by atoms with Gasteiger partial charge in [-0.1, -0.05) is 13.8 Å². The van der Waals surface area contributed by atoms with Crippen LogP contribution in [0.5, 0.6) is 0 Å². The number of carbonyl (C=O) groups excluding carboxylic acids is 2. The third kappa shape index (κ3) is 4.25. The summed E-state index contributed by atoms with van der Waals surface area (Å²) in [5, 5.41) is 8.97. The first-order valence-corrected chi connectivity index (χ1v) is 7.26. The van der Waals surface area contributed by atoms with Crippen molar-refractivity contribution in [2.45, 2.75) is 45.2 Å². The second-order valence-corrected chi connectivity index (χ2v) is 5.15. The molecule has 1 rings (SSSR count). The number of rotatable bonds is 9. The van der Waals surface area contributed by atoms with Crippen LogP contribution in [-0.4, -0.2) is 71.6 Å². The number of ether oxygens (including phenoxy) is 1. The molecule has 1 N–H and O–H groups in total. The standard InChI is InChI=1S/C14H24N2O5/c1-4-10(5-2)16-12(17)8-11(14(16)20)15(6-7-21-3)9-13(18)19/h10-11H,4-9H2,1-3H3,(H,18,19). The molecule has 0 radical (unpaired) electrons. The molecule has 0 bridgehead atoms. The minimum absolute atomic E-state index is 0.0479. The maximum Gasteiger partial charge on any atom is 0.317 e. The molecule has 1 aliphatic rings. The molecular weight excluding hydrogens is 276 g/mol. The fraction of sp³-hybridized carbons (Fsp3) is 0.786. The second-order valence-electron chi connectivity index (χ2n) is 5.15. The summed E-state index contributed by atoms with van der Waals surface area (Å²) < 4.78 is 4.95. The largest absolute Gasteiger partial charge is 0.480 e. The van der Waals surface area contributed by atoms with Gasteiger partial charge in [-0.15, -0.1) is 0 Å². The molecule has 1 heterocycles. The van der Waals surface area contributed by atoms with Crippen molar-refractivity contribution in [2.24, 2.45) is 0 Å². The van der Waals surface area contributed by atoms with E-state index in [2.05, 4.69) is 0 Å². The fourth-order valence-electron chi connectivity index (χ4n) is 2.68. The molecule has 0 aromatic rings. The number of hydrogen-bond donors (Lipinski definition) is 1. The number of aliphatic carboxylic acids is 1. The van der Waals surface area contributed by atoms with Crippen LogP contribution < -0.4 is 0 Å². The highest BCUT2D eigenvalue weighted by Gasteiger charge is 2.44. The van der Waals surface area contributed by atoms with Gasteiger partial charge in [-0.25, -0.2) is 0 Å². The van der Waals surface area contributed by atoms with Crippen LogP contribution in [0.25, 0.3) is 0 Å². The summed E-state index contributed by atoms with van der Waals surface area (Å²) in [6, 6.07) is -0.798. The summed E-state index contributed by atoms with van der Waals surface area (Å²) in [4.78, 5) is 38.4. The minimum atomic E-state index is -1.02. The number of likely N-dealkylation sites (tertiary alicyclic amines) is 1. The van der Waals surface area contributed by atoms with Gasteiger partial charge in [-0.05, 0) is 12.8 Å². The number of carboxylic acids is 1. The molecule has 0 aromatic carbocycles. The maximum absolute atomic E-state index is 12.5. The first-order valence-electron chi connectivity index (χ1n) is 7.26. The Balaban J connectivity index is 2.87. The lowest BCUT2D eigenvalue weighted by Crippen LogP contribution is -2.47. The molecule has 0 aliphatic carbocycles. The molecule has 1 atom stereocenters. The van der Waals surface area contributed by atoms with Crippen molar-refractivity contribution in [3.05, 3.63) is 0 Å². The lowest BCUT2D eigenvalue weighted by Gasteiger charge is -2.28. The molecular formula is C14H24N2O5. The Hall–Kier alpha value is -1.47. The number of amides is 2. The van der Waals surface area contributed by atoms with Gasteiger partial charge in [0, 0.05) is 19.7 Å². The fourth-order valence-corrected chi connectivity index (χ4v) is 2.68. The Morgan fingerprint density at radius 3 is 2.52 bits per heavy atom. The molecule has 0 saturated carbocycles. The first-order chi connectivity index (χ1) is 9.96. The quantitative estimate of drug-likeness (QED) is 0.618. The molecule has 1 aliphatic heterocycles. The number of imide groups is 1. The van der Waals surface area contributed by atoms with Crippen molar-refractivity contribution in [2.75, 3.05) is 26.8 Å².